The molecule has 0 spiro atoms. The fraction of sp³-hybridized carbons (Fsp3) is 0.409. The van der Waals surface area contributed by atoms with E-state index in [2.05, 4.69) is 0 Å². The molecule has 0 aliphatic carbocycles. The van der Waals surface area contributed by atoms with E-state index in [1.807, 2.05) is 30.0 Å². The van der Waals surface area contributed by atoms with Gasteiger partial charge in [0.15, 0.2) is 0 Å². The topological polar surface area (TPSA) is 73.5 Å². The molecule has 8 heteroatoms. The lowest BCUT2D eigenvalue weighted by Gasteiger charge is -2.33. The Kier molecular flexibility index (Phi) is 5.76. The summed E-state index contributed by atoms with van der Waals surface area (Å²) in [5.41, 5.74) is 0.511. The molecular formula is C22H25N3O4S. The minimum atomic E-state index is -0.466. The number of hydrogen-bond acceptors (Lipinski definition) is 5. The summed E-state index contributed by atoms with van der Waals surface area (Å²) >= 11 is 1.29. The number of amides is 1. The van der Waals surface area contributed by atoms with Crippen LogP contribution in [0.15, 0.2) is 45.3 Å². The molecule has 7 nitrogen and oxygen atoms in total. The number of fused-ring (bicyclic) bond motifs is 1. The van der Waals surface area contributed by atoms with E-state index >= 15 is 0 Å². The van der Waals surface area contributed by atoms with Crippen molar-refractivity contribution in [3.8, 4) is 5.75 Å². The molecule has 0 unspecified atom stereocenters. The Balaban J connectivity index is 1.74. The average Bonchev–Trinajstić information content (AvgIpc) is 3.24. The summed E-state index contributed by atoms with van der Waals surface area (Å²) in [6, 6.07) is 9.19. The molecule has 1 saturated heterocycles. The van der Waals surface area contributed by atoms with Gasteiger partial charge in [0.1, 0.15) is 17.0 Å². The maximum atomic E-state index is 13.3. The van der Waals surface area contributed by atoms with E-state index in [4.69, 9.17) is 4.74 Å². The predicted molar refractivity (Wildman–Crippen MR) is 117 cm³/mol. The second-order valence-corrected chi connectivity index (χ2v) is 8.59. The van der Waals surface area contributed by atoms with Crippen LogP contribution < -0.4 is 16.0 Å². The van der Waals surface area contributed by atoms with Crippen LogP contribution in [0.2, 0.25) is 0 Å². The molecule has 3 aromatic rings. The van der Waals surface area contributed by atoms with Gasteiger partial charge in [0.25, 0.3) is 5.56 Å². The third-order valence-corrected chi connectivity index (χ3v) is 6.62. The first-order valence-corrected chi connectivity index (χ1v) is 11.0. The third kappa shape index (κ3) is 3.79. The summed E-state index contributed by atoms with van der Waals surface area (Å²) in [4.78, 5) is 41.1. The van der Waals surface area contributed by atoms with Gasteiger partial charge in [-0.25, -0.2) is 4.79 Å². The van der Waals surface area contributed by atoms with E-state index in [9.17, 15) is 14.4 Å². The highest BCUT2D eigenvalue weighted by Crippen LogP contribution is 2.19. The maximum absolute atomic E-state index is 13.3. The summed E-state index contributed by atoms with van der Waals surface area (Å²) in [7, 11) is 1.57. The lowest BCUT2D eigenvalue weighted by atomic mass is 10.0. The van der Waals surface area contributed by atoms with Gasteiger partial charge in [-0.1, -0.05) is 12.1 Å². The molecular weight excluding hydrogens is 402 g/mol. The van der Waals surface area contributed by atoms with E-state index in [0.29, 0.717) is 22.5 Å². The number of ether oxygens (including phenoxy) is 1. The molecule has 1 amide bonds. The number of carbonyl (C=O) groups excluding carboxylic acids is 1. The molecule has 158 valence electrons. The first kappa shape index (κ1) is 20.4. The minimum absolute atomic E-state index is 0.0607. The molecule has 1 fully saturated rings. The molecule has 30 heavy (non-hydrogen) atoms. The zero-order valence-electron chi connectivity index (χ0n) is 17.2. The van der Waals surface area contributed by atoms with Gasteiger partial charge >= 0.3 is 5.69 Å². The van der Waals surface area contributed by atoms with Crippen molar-refractivity contribution in [2.24, 2.45) is 0 Å². The normalized spacial score (nSPS) is 16.7. The Morgan fingerprint density at radius 1 is 1.20 bits per heavy atom. The smallest absolute Gasteiger partial charge is 0.332 e. The van der Waals surface area contributed by atoms with Crippen LogP contribution in [-0.4, -0.2) is 39.6 Å². The summed E-state index contributed by atoms with van der Waals surface area (Å²) in [5, 5.41) is 1.78. The summed E-state index contributed by atoms with van der Waals surface area (Å²) in [6.45, 7) is 2.82. The van der Waals surface area contributed by atoms with Gasteiger partial charge in [0.2, 0.25) is 5.91 Å². The fourth-order valence-electron chi connectivity index (χ4n) is 4.07. The van der Waals surface area contributed by atoms with E-state index < -0.39 is 5.69 Å². The highest BCUT2D eigenvalue weighted by molar-refractivity contribution is 7.17. The minimum Gasteiger partial charge on any atom is -0.497 e. The van der Waals surface area contributed by atoms with Gasteiger partial charge in [-0.15, -0.1) is 11.3 Å². The lowest BCUT2D eigenvalue weighted by Crippen LogP contribution is -2.47. The van der Waals surface area contributed by atoms with Crippen LogP contribution in [0, 0.1) is 0 Å². The molecule has 1 aromatic carbocycles. The Bertz CT molecular complexity index is 1190. The van der Waals surface area contributed by atoms with Crippen LogP contribution in [0.5, 0.6) is 5.75 Å². The SMILES string of the molecule is COc1cccc(Cn2c(=O)c3sccc3n(CC(=O)N3CCCC[C@H]3C)c2=O)c1. The van der Waals surface area contributed by atoms with Crippen LogP contribution in [0.25, 0.3) is 10.2 Å². The van der Waals surface area contributed by atoms with Gasteiger partial charge in [-0.2, -0.15) is 0 Å². The van der Waals surface area contributed by atoms with E-state index in [1.165, 1.54) is 20.5 Å². The average molecular weight is 428 g/mol. The molecule has 1 atom stereocenters. The molecule has 3 heterocycles. The predicted octanol–water partition coefficient (Wildman–Crippen LogP) is 2.68. The van der Waals surface area contributed by atoms with Crippen molar-refractivity contribution in [1.82, 2.24) is 14.0 Å². The van der Waals surface area contributed by atoms with Gasteiger partial charge in [0.05, 0.1) is 19.2 Å². The Hall–Kier alpha value is -2.87. The first-order valence-electron chi connectivity index (χ1n) is 10.1. The number of likely N-dealkylation sites (tertiary alicyclic amines) is 1. The van der Waals surface area contributed by atoms with Crippen molar-refractivity contribution in [1.29, 1.82) is 0 Å². The number of methoxy groups -OCH3 is 1. The standard InChI is InChI=1S/C22H25N3O4S/c1-15-6-3-4-10-23(15)19(26)14-24-18-9-11-30-20(18)21(27)25(22(24)28)13-16-7-5-8-17(12-16)29-2/h5,7-9,11-12,15H,3-4,6,10,13-14H2,1-2H3/t15-/m1/s1. The lowest BCUT2D eigenvalue weighted by molar-refractivity contribution is -0.135. The summed E-state index contributed by atoms with van der Waals surface area (Å²) in [5.74, 6) is 0.579. The molecule has 4 rings (SSSR count). The summed E-state index contributed by atoms with van der Waals surface area (Å²) < 4.78 is 8.38. The number of piperidine rings is 1. The molecule has 2 aromatic heterocycles. The molecule has 0 N–H and O–H groups in total. The Morgan fingerprint density at radius 3 is 2.80 bits per heavy atom. The monoisotopic (exact) mass is 427 g/mol. The van der Waals surface area contributed by atoms with E-state index in [1.54, 1.807) is 24.6 Å². The highest BCUT2D eigenvalue weighted by Gasteiger charge is 2.25. The highest BCUT2D eigenvalue weighted by atomic mass is 32.1. The van der Waals surface area contributed by atoms with Crippen molar-refractivity contribution in [3.05, 3.63) is 62.1 Å². The number of nitrogens with zero attached hydrogens (tertiary/aromatic N) is 3. The molecule has 1 aliphatic rings. The number of carbonyl (C=O) groups is 1. The van der Waals surface area contributed by atoms with Crippen LogP contribution >= 0.6 is 11.3 Å². The largest absolute Gasteiger partial charge is 0.497 e. The number of benzene rings is 1. The van der Waals surface area contributed by atoms with Crippen molar-refractivity contribution in [2.45, 2.75) is 45.3 Å². The van der Waals surface area contributed by atoms with Crippen LogP contribution in [0.1, 0.15) is 31.7 Å². The van der Waals surface area contributed by atoms with Gasteiger partial charge in [-0.05, 0) is 55.3 Å². The molecule has 0 saturated carbocycles. The van der Waals surface area contributed by atoms with Gasteiger partial charge in [-0.3, -0.25) is 18.7 Å². The maximum Gasteiger partial charge on any atom is 0.332 e. The van der Waals surface area contributed by atoms with E-state index in [-0.39, 0.29) is 30.6 Å². The number of aromatic nitrogens is 2. The third-order valence-electron chi connectivity index (χ3n) is 5.73. The fourth-order valence-corrected chi connectivity index (χ4v) is 4.92. The Morgan fingerprint density at radius 2 is 2.03 bits per heavy atom. The number of rotatable bonds is 5. The quantitative estimate of drug-likeness (QED) is 0.628. The van der Waals surface area contributed by atoms with Crippen molar-refractivity contribution < 1.29 is 9.53 Å². The number of hydrogen-bond donors (Lipinski definition) is 0. The molecule has 1 aliphatic heterocycles. The summed E-state index contributed by atoms with van der Waals surface area (Å²) in [6.07, 6.45) is 3.07. The van der Waals surface area contributed by atoms with Crippen LogP contribution in [0.3, 0.4) is 0 Å². The second-order valence-electron chi connectivity index (χ2n) is 7.68. The van der Waals surface area contributed by atoms with Crippen molar-refractivity contribution >= 4 is 27.5 Å². The zero-order valence-corrected chi connectivity index (χ0v) is 18.0. The molecule has 0 radical (unpaired) electrons. The van der Waals surface area contributed by atoms with Crippen LogP contribution in [0.4, 0.5) is 0 Å². The van der Waals surface area contributed by atoms with Gasteiger partial charge in [0, 0.05) is 12.6 Å². The van der Waals surface area contributed by atoms with Gasteiger partial charge < -0.3 is 9.64 Å². The zero-order chi connectivity index (χ0) is 21.3. The first-order chi connectivity index (χ1) is 14.5. The number of thiophene rings is 1. The molecule has 0 bridgehead atoms. The van der Waals surface area contributed by atoms with Crippen LogP contribution in [-0.2, 0) is 17.9 Å². The van der Waals surface area contributed by atoms with Crippen molar-refractivity contribution in [2.75, 3.05) is 13.7 Å². The van der Waals surface area contributed by atoms with Crippen molar-refractivity contribution in [3.63, 3.8) is 0 Å². The van der Waals surface area contributed by atoms with E-state index in [0.717, 1.165) is 24.8 Å². The Labute approximate surface area is 178 Å². The second kappa shape index (κ2) is 8.47.